The maximum atomic E-state index is 12.7. The van der Waals surface area contributed by atoms with Crippen molar-refractivity contribution >= 4 is 27.5 Å². The first-order valence-corrected chi connectivity index (χ1v) is 9.69. The molecule has 2 aromatic carbocycles. The van der Waals surface area contributed by atoms with Crippen molar-refractivity contribution < 1.29 is 22.9 Å². The van der Waals surface area contributed by atoms with Crippen LogP contribution in [0, 0.1) is 24.0 Å². The zero-order valence-corrected chi connectivity index (χ0v) is 16.2. The molecule has 0 amide bonds. The number of aromatic nitrogens is 2. The van der Waals surface area contributed by atoms with Crippen LogP contribution in [0.4, 0.5) is 11.5 Å². The molecule has 0 unspecified atom stereocenters. The number of nitro groups is 1. The minimum Gasteiger partial charge on any atom is -0.402 e. The van der Waals surface area contributed by atoms with E-state index in [1.54, 1.807) is 12.1 Å². The lowest BCUT2D eigenvalue weighted by molar-refractivity contribution is -0.385. The summed E-state index contributed by atoms with van der Waals surface area (Å²) in [5.41, 5.74) is 6.44. The lowest BCUT2D eigenvalue weighted by Gasteiger charge is -2.06. The number of esters is 1. The van der Waals surface area contributed by atoms with Crippen LogP contribution in [0.3, 0.4) is 0 Å². The number of ether oxygens (including phenoxy) is 1. The normalized spacial score (nSPS) is 11.2. The molecule has 0 aliphatic heterocycles. The van der Waals surface area contributed by atoms with Crippen molar-refractivity contribution in [2.45, 2.75) is 18.7 Å². The third-order valence-corrected chi connectivity index (χ3v) is 5.76. The van der Waals surface area contributed by atoms with Gasteiger partial charge in [0.1, 0.15) is 5.82 Å². The average Bonchev–Trinajstić information content (AvgIpc) is 3.02. The smallest absolute Gasteiger partial charge is 0.345 e. The fraction of sp³-hybridized carbons (Fsp3) is 0.111. The van der Waals surface area contributed by atoms with E-state index in [0.717, 1.165) is 11.6 Å². The Balaban J connectivity index is 1.92. The fourth-order valence-electron chi connectivity index (χ4n) is 2.60. The molecule has 0 spiro atoms. The topological polar surface area (TPSA) is 147 Å². The quantitative estimate of drug-likeness (QED) is 0.379. The van der Waals surface area contributed by atoms with Crippen LogP contribution in [0.15, 0.2) is 53.4 Å². The van der Waals surface area contributed by atoms with Crippen molar-refractivity contribution in [3.63, 3.8) is 0 Å². The second-order valence-electron chi connectivity index (χ2n) is 6.16. The molecule has 0 fully saturated rings. The van der Waals surface area contributed by atoms with Crippen LogP contribution in [0.5, 0.6) is 5.88 Å². The van der Waals surface area contributed by atoms with E-state index in [-0.39, 0.29) is 33.4 Å². The molecule has 2 N–H and O–H groups in total. The number of carbonyl (C=O) groups excluding carboxylic acids is 1. The van der Waals surface area contributed by atoms with E-state index in [9.17, 15) is 23.3 Å². The van der Waals surface area contributed by atoms with E-state index in [1.807, 2.05) is 6.92 Å². The monoisotopic (exact) mass is 416 g/mol. The number of hydrogen-bond acceptors (Lipinski definition) is 8. The number of nitrogens with two attached hydrogens (primary N) is 1. The van der Waals surface area contributed by atoms with Crippen molar-refractivity contribution in [2.24, 2.45) is 0 Å². The molecule has 0 aliphatic rings. The molecule has 3 rings (SSSR count). The summed E-state index contributed by atoms with van der Waals surface area (Å²) in [4.78, 5) is 22.8. The van der Waals surface area contributed by atoms with Crippen LogP contribution in [-0.4, -0.2) is 28.5 Å². The Bertz CT molecular complexity index is 1220. The van der Waals surface area contributed by atoms with Crippen LogP contribution in [-0.2, 0) is 10.0 Å². The minimum absolute atomic E-state index is 0.0368. The molecular weight excluding hydrogens is 400 g/mol. The van der Waals surface area contributed by atoms with Gasteiger partial charge in [0.2, 0.25) is 5.88 Å². The van der Waals surface area contributed by atoms with Crippen molar-refractivity contribution in [3.05, 3.63) is 75.3 Å². The standard InChI is InChI=1S/C18H16N4O6S/c1-11-6-8-13(9-7-11)29(26,27)21-16(19)10-17(20-21)28-18(23)14-4-3-5-15(12(14)2)22(24)25/h3-10H,19H2,1-2H3. The Morgan fingerprint density at radius 3 is 2.45 bits per heavy atom. The van der Waals surface area contributed by atoms with Gasteiger partial charge in [0, 0.05) is 17.7 Å². The van der Waals surface area contributed by atoms with E-state index >= 15 is 0 Å². The van der Waals surface area contributed by atoms with Gasteiger partial charge in [-0.3, -0.25) is 10.1 Å². The molecule has 10 nitrogen and oxygen atoms in total. The number of nitro benzene ring substituents is 1. The maximum Gasteiger partial charge on any atom is 0.345 e. The second-order valence-corrected chi connectivity index (χ2v) is 7.93. The number of aryl methyl sites for hydroxylation is 1. The zero-order chi connectivity index (χ0) is 21.3. The van der Waals surface area contributed by atoms with Gasteiger partial charge in [-0.15, -0.1) is 9.19 Å². The van der Waals surface area contributed by atoms with Gasteiger partial charge in [0.15, 0.2) is 0 Å². The third-order valence-electron chi connectivity index (χ3n) is 4.15. The van der Waals surface area contributed by atoms with Gasteiger partial charge in [-0.2, -0.15) is 8.42 Å². The van der Waals surface area contributed by atoms with Crippen molar-refractivity contribution in [1.29, 1.82) is 0 Å². The summed E-state index contributed by atoms with van der Waals surface area (Å²) in [6.07, 6.45) is 0. The summed E-state index contributed by atoms with van der Waals surface area (Å²) >= 11 is 0. The number of nitrogen functional groups attached to an aromatic ring is 1. The summed E-state index contributed by atoms with van der Waals surface area (Å²) in [6, 6.07) is 11.1. The predicted molar refractivity (Wildman–Crippen MR) is 103 cm³/mol. The fourth-order valence-corrected chi connectivity index (χ4v) is 3.80. The molecule has 11 heteroatoms. The van der Waals surface area contributed by atoms with Crippen LogP contribution in [0.1, 0.15) is 21.5 Å². The average molecular weight is 416 g/mol. The van der Waals surface area contributed by atoms with Crippen molar-refractivity contribution in [3.8, 4) is 5.88 Å². The number of carbonyl (C=O) groups is 1. The largest absolute Gasteiger partial charge is 0.402 e. The summed E-state index contributed by atoms with van der Waals surface area (Å²) in [6.45, 7) is 3.22. The van der Waals surface area contributed by atoms with Crippen molar-refractivity contribution in [2.75, 3.05) is 5.73 Å². The summed E-state index contributed by atoms with van der Waals surface area (Å²) in [5.74, 6) is -1.54. The van der Waals surface area contributed by atoms with Crippen LogP contribution in [0.25, 0.3) is 0 Å². The zero-order valence-electron chi connectivity index (χ0n) is 15.4. The van der Waals surface area contributed by atoms with Gasteiger partial charge in [-0.25, -0.2) is 4.79 Å². The number of rotatable bonds is 5. The maximum absolute atomic E-state index is 12.7. The highest BCUT2D eigenvalue weighted by molar-refractivity contribution is 7.90. The Morgan fingerprint density at radius 2 is 1.83 bits per heavy atom. The SMILES string of the molecule is Cc1ccc(S(=O)(=O)n2nc(OC(=O)c3cccc([N+](=O)[O-])c3C)cc2N)cc1. The first kappa shape index (κ1) is 20.0. The molecule has 0 radical (unpaired) electrons. The van der Waals surface area contributed by atoms with E-state index in [2.05, 4.69) is 5.10 Å². The molecular formula is C18H16N4O6S. The van der Waals surface area contributed by atoms with Gasteiger partial charge in [0.25, 0.3) is 15.7 Å². The molecule has 0 saturated carbocycles. The molecule has 0 saturated heterocycles. The highest BCUT2D eigenvalue weighted by Gasteiger charge is 2.24. The van der Waals surface area contributed by atoms with E-state index in [4.69, 9.17) is 10.5 Å². The van der Waals surface area contributed by atoms with Crippen LogP contribution in [0.2, 0.25) is 0 Å². The molecule has 1 heterocycles. The lowest BCUT2D eigenvalue weighted by Crippen LogP contribution is -2.17. The molecule has 29 heavy (non-hydrogen) atoms. The molecule has 150 valence electrons. The second kappa shape index (κ2) is 7.36. The number of anilines is 1. The first-order chi connectivity index (χ1) is 13.6. The molecule has 3 aromatic rings. The third kappa shape index (κ3) is 3.80. The Labute approximate surface area is 165 Å². The summed E-state index contributed by atoms with van der Waals surface area (Å²) < 4.78 is 31.1. The van der Waals surface area contributed by atoms with Gasteiger partial charge in [-0.05, 0) is 32.0 Å². The molecule has 1 aromatic heterocycles. The number of benzene rings is 2. The van der Waals surface area contributed by atoms with Crippen molar-refractivity contribution in [1.82, 2.24) is 9.19 Å². The summed E-state index contributed by atoms with van der Waals surface area (Å²) in [5, 5.41) is 14.8. The number of hydrogen-bond donors (Lipinski definition) is 1. The van der Waals surface area contributed by atoms with E-state index in [0.29, 0.717) is 4.09 Å². The van der Waals surface area contributed by atoms with Crippen LogP contribution >= 0.6 is 0 Å². The Kier molecular flexibility index (Phi) is 5.08. The molecule has 0 bridgehead atoms. The van der Waals surface area contributed by atoms with Gasteiger partial charge in [-0.1, -0.05) is 23.8 Å². The van der Waals surface area contributed by atoms with Gasteiger partial charge < -0.3 is 10.5 Å². The van der Waals surface area contributed by atoms with Gasteiger partial charge in [0.05, 0.1) is 15.4 Å². The minimum atomic E-state index is -4.09. The van der Waals surface area contributed by atoms with Crippen LogP contribution < -0.4 is 10.5 Å². The van der Waals surface area contributed by atoms with Gasteiger partial charge >= 0.3 is 5.97 Å². The lowest BCUT2D eigenvalue weighted by atomic mass is 10.1. The highest BCUT2D eigenvalue weighted by Crippen LogP contribution is 2.25. The highest BCUT2D eigenvalue weighted by atomic mass is 32.2. The number of nitrogens with zero attached hydrogens (tertiary/aromatic N) is 3. The first-order valence-electron chi connectivity index (χ1n) is 8.25. The molecule has 0 aliphatic carbocycles. The summed E-state index contributed by atoms with van der Waals surface area (Å²) in [7, 11) is -4.09. The predicted octanol–water partition coefficient (Wildman–Crippen LogP) is 2.45. The van der Waals surface area contributed by atoms with E-state index < -0.39 is 20.9 Å². The Hall–Kier alpha value is -3.73. The van der Waals surface area contributed by atoms with E-state index in [1.165, 1.54) is 37.3 Å². The Morgan fingerprint density at radius 1 is 1.17 bits per heavy atom. The molecule has 0 atom stereocenters.